The third kappa shape index (κ3) is 15.4. The van der Waals surface area contributed by atoms with Gasteiger partial charge in [0.15, 0.2) is 18.3 Å². The fourth-order valence-electron chi connectivity index (χ4n) is 6.01. The number of ether oxygens (including phenoxy) is 11. The number of thioether (sulfide) groups is 1. The molecular weight excluding hydrogens is 895 g/mol. The van der Waals surface area contributed by atoms with E-state index in [2.05, 4.69) is 5.32 Å². The Hall–Kier alpha value is -4.16. The van der Waals surface area contributed by atoms with Crippen molar-refractivity contribution in [2.24, 2.45) is 0 Å². The van der Waals surface area contributed by atoms with Crippen LogP contribution in [-0.2, 0) is 95.3 Å². The fourth-order valence-corrected chi connectivity index (χ4v) is 7.88. The van der Waals surface area contributed by atoms with Crippen molar-refractivity contribution in [1.82, 2.24) is 5.32 Å². The predicted molar refractivity (Wildman–Crippen MR) is 202 cm³/mol. The summed E-state index contributed by atoms with van der Waals surface area (Å²) in [6.07, 6.45) is -15.1. The number of amides is 1. The Morgan fingerprint density at radius 2 is 1.32 bits per heavy atom. The third-order valence-corrected chi connectivity index (χ3v) is 10.1. The van der Waals surface area contributed by atoms with Crippen LogP contribution >= 0.6 is 46.6 Å². The quantitative estimate of drug-likeness (QED) is 0.0721. The second kappa shape index (κ2) is 22.6. The third-order valence-electron chi connectivity index (χ3n) is 7.96. The van der Waals surface area contributed by atoms with Crippen LogP contribution in [0.4, 0.5) is 0 Å². The highest BCUT2D eigenvalue weighted by molar-refractivity contribution is 8.01. The molecule has 60 heavy (non-hydrogen) atoms. The number of hydrogen-bond acceptors (Lipinski definition) is 22. The molecular formula is C34H45Cl3N2O20S. The van der Waals surface area contributed by atoms with E-state index < -0.39 is 148 Å². The highest BCUT2D eigenvalue weighted by Crippen LogP contribution is 2.49. The molecule has 11 atom stereocenters. The van der Waals surface area contributed by atoms with E-state index in [1.54, 1.807) is 0 Å². The molecule has 0 aromatic heterocycles. The normalized spacial score (nSPS) is 27.3. The molecule has 2 saturated heterocycles. The standard InChI is InChI=1S/C34H45Cl3N2O20S/c1-13(40)39-24-21(52-16(4)43)10-33(32(48)49-9,59-27(24)25(54-18(6)45)22(53-17(5)44)11-50-14(2)41)60-29-26(55-19(7)46)23(12-51-15(3)42)57-30(28(29)56-20(8)47)58-31(38)34(35,36)37/h21-30,38H,10-12H2,1-9H3,(H,39,40)/t21-,22+,23+,24+,25+,26-,27+,28+,29-,30-,33-/m0/s1. The molecule has 2 fully saturated rings. The number of rotatable bonds is 16. The summed E-state index contributed by atoms with van der Waals surface area (Å²) in [6, 6.07) is -1.56. The SMILES string of the molecule is COC(=O)[C@@]1(S[C@H]2[C@@H](OC(C)=O)[C@@H](COC(C)=O)O[C@@H](OC(=N)C(Cl)(Cl)Cl)[C@@H]2OC(C)=O)C[C@H](OC(C)=O)[C@@H](NC(C)=O)[C@H]([C@H](OC(C)=O)[C@@H](COC(C)=O)OC(C)=O)O1. The zero-order valence-electron chi connectivity index (χ0n) is 33.6. The van der Waals surface area contributed by atoms with Crippen molar-refractivity contribution in [3.63, 3.8) is 0 Å². The number of halogens is 3. The summed E-state index contributed by atoms with van der Waals surface area (Å²) in [6.45, 7) is 6.46. The van der Waals surface area contributed by atoms with Crippen LogP contribution in [0, 0.1) is 5.41 Å². The highest BCUT2D eigenvalue weighted by Gasteiger charge is 2.63. The summed E-state index contributed by atoms with van der Waals surface area (Å²) >= 11 is 18.0. The van der Waals surface area contributed by atoms with E-state index >= 15 is 0 Å². The van der Waals surface area contributed by atoms with E-state index in [9.17, 15) is 43.2 Å². The molecule has 2 heterocycles. The molecule has 0 aliphatic carbocycles. The van der Waals surface area contributed by atoms with E-state index in [-0.39, 0.29) is 0 Å². The van der Waals surface area contributed by atoms with Crippen molar-refractivity contribution >= 4 is 106 Å². The number of hydrogen-bond donors (Lipinski definition) is 2. The van der Waals surface area contributed by atoms with Crippen molar-refractivity contribution in [3.05, 3.63) is 0 Å². The first kappa shape index (κ1) is 52.0. The van der Waals surface area contributed by atoms with Gasteiger partial charge in [-0.2, -0.15) is 0 Å². The summed E-state index contributed by atoms with van der Waals surface area (Å²) in [5.41, 5.74) is 0. The second-order valence-electron chi connectivity index (χ2n) is 13.0. The van der Waals surface area contributed by atoms with Crippen LogP contribution in [0.5, 0.6) is 0 Å². The first-order valence-electron chi connectivity index (χ1n) is 17.5. The van der Waals surface area contributed by atoms with Crippen LogP contribution in [0.25, 0.3) is 0 Å². The molecule has 0 spiro atoms. The monoisotopic (exact) mass is 938 g/mol. The first-order chi connectivity index (χ1) is 27.7. The largest absolute Gasteiger partial charge is 0.466 e. The van der Waals surface area contributed by atoms with E-state index in [0.717, 1.165) is 62.5 Å². The van der Waals surface area contributed by atoms with Gasteiger partial charge in [-0.15, -0.1) is 11.8 Å². The molecule has 2 rings (SSSR count). The Labute approximate surface area is 362 Å². The van der Waals surface area contributed by atoms with Crippen LogP contribution in [0.2, 0.25) is 0 Å². The second-order valence-corrected chi connectivity index (χ2v) is 16.7. The number of carbonyl (C=O) groups excluding carboxylic acids is 9. The van der Waals surface area contributed by atoms with Crippen LogP contribution in [0.3, 0.4) is 0 Å². The minimum absolute atomic E-state index is 0.375. The minimum Gasteiger partial charge on any atom is -0.466 e. The number of methoxy groups -OCH3 is 1. The molecule has 2 aliphatic heterocycles. The van der Waals surface area contributed by atoms with Gasteiger partial charge in [-0.25, -0.2) is 4.79 Å². The van der Waals surface area contributed by atoms with Gasteiger partial charge < -0.3 is 57.4 Å². The van der Waals surface area contributed by atoms with Crippen LogP contribution in [0.15, 0.2) is 0 Å². The first-order valence-corrected chi connectivity index (χ1v) is 19.5. The topological polar surface area (TPSA) is 291 Å². The average Bonchev–Trinajstić information content (AvgIpc) is 3.09. The molecule has 0 radical (unpaired) electrons. The van der Waals surface area contributed by atoms with Crippen molar-refractivity contribution < 1.29 is 95.3 Å². The molecule has 1 amide bonds. The molecule has 0 bridgehead atoms. The Balaban J connectivity index is 3.10. The van der Waals surface area contributed by atoms with Crippen LogP contribution in [-0.4, -0.2) is 149 Å². The molecule has 2 N–H and O–H groups in total. The highest BCUT2D eigenvalue weighted by atomic mass is 35.6. The zero-order chi connectivity index (χ0) is 45.9. The van der Waals surface area contributed by atoms with E-state index in [1.165, 1.54) is 0 Å². The Morgan fingerprint density at radius 1 is 0.767 bits per heavy atom. The Morgan fingerprint density at radius 3 is 1.78 bits per heavy atom. The van der Waals surface area contributed by atoms with Crippen molar-refractivity contribution in [2.45, 2.75) is 131 Å². The van der Waals surface area contributed by atoms with Crippen molar-refractivity contribution in [3.8, 4) is 0 Å². The average molecular weight is 940 g/mol. The van der Waals surface area contributed by atoms with Gasteiger partial charge in [0.1, 0.15) is 37.6 Å². The van der Waals surface area contributed by atoms with Gasteiger partial charge in [0.2, 0.25) is 23.0 Å². The van der Waals surface area contributed by atoms with Gasteiger partial charge in [0.05, 0.1) is 18.4 Å². The summed E-state index contributed by atoms with van der Waals surface area (Å²) in [5, 5.41) is 9.09. The summed E-state index contributed by atoms with van der Waals surface area (Å²) in [7, 11) is 0.921. The van der Waals surface area contributed by atoms with Gasteiger partial charge in [0.25, 0.3) is 3.79 Å². The lowest BCUT2D eigenvalue weighted by atomic mass is 9.89. The van der Waals surface area contributed by atoms with Gasteiger partial charge in [0, 0.05) is 61.8 Å². The molecule has 2 aliphatic rings. The number of nitrogens with one attached hydrogen (secondary N) is 2. The number of esters is 8. The lowest BCUT2D eigenvalue weighted by Gasteiger charge is -2.51. The Kier molecular flexibility index (Phi) is 19.6. The molecule has 338 valence electrons. The molecule has 22 nitrogen and oxygen atoms in total. The maximum atomic E-state index is 14.3. The lowest BCUT2D eigenvalue weighted by Crippen LogP contribution is -2.69. The predicted octanol–water partition coefficient (Wildman–Crippen LogP) is 1.12. The molecule has 0 aromatic carbocycles. The van der Waals surface area contributed by atoms with E-state index in [1.807, 2.05) is 0 Å². The lowest BCUT2D eigenvalue weighted by molar-refractivity contribution is -0.255. The van der Waals surface area contributed by atoms with Crippen LogP contribution in [0.1, 0.15) is 61.8 Å². The molecule has 0 aromatic rings. The van der Waals surface area contributed by atoms with Crippen LogP contribution < -0.4 is 5.32 Å². The number of alkyl halides is 3. The summed E-state index contributed by atoms with van der Waals surface area (Å²) in [5.74, 6) is -9.88. The van der Waals surface area contributed by atoms with Gasteiger partial charge in [-0.3, -0.25) is 43.8 Å². The zero-order valence-corrected chi connectivity index (χ0v) is 36.7. The maximum absolute atomic E-state index is 14.3. The summed E-state index contributed by atoms with van der Waals surface area (Å²) in [4.78, 5) is 112. The Bertz CT molecular complexity index is 1660. The molecule has 26 heteroatoms. The van der Waals surface area contributed by atoms with E-state index in [0.29, 0.717) is 11.8 Å². The maximum Gasteiger partial charge on any atom is 0.349 e. The molecule has 0 saturated carbocycles. The smallest absolute Gasteiger partial charge is 0.349 e. The fraction of sp³-hybridized carbons (Fsp3) is 0.706. The van der Waals surface area contributed by atoms with E-state index in [4.69, 9.17) is 92.3 Å². The summed E-state index contributed by atoms with van der Waals surface area (Å²) < 4.78 is 58.7. The van der Waals surface area contributed by atoms with Crippen molar-refractivity contribution in [1.29, 1.82) is 5.41 Å². The van der Waals surface area contributed by atoms with Gasteiger partial charge in [-0.05, 0) is 0 Å². The minimum atomic E-state index is -2.60. The molecule has 0 unspecified atom stereocenters. The van der Waals surface area contributed by atoms with Crippen molar-refractivity contribution in [2.75, 3.05) is 20.3 Å². The number of carbonyl (C=O) groups is 9. The van der Waals surface area contributed by atoms with Gasteiger partial charge >= 0.3 is 47.8 Å². The van der Waals surface area contributed by atoms with Gasteiger partial charge in [-0.1, -0.05) is 34.8 Å².